The van der Waals surface area contributed by atoms with E-state index in [9.17, 15) is 9.59 Å². The predicted octanol–water partition coefficient (Wildman–Crippen LogP) is 1.99. The molecule has 86 valence electrons. The van der Waals surface area contributed by atoms with Crippen LogP contribution in [0.25, 0.3) is 0 Å². The Bertz CT molecular complexity index is 372. The number of carbonyl (C=O) groups is 2. The summed E-state index contributed by atoms with van der Waals surface area (Å²) in [7, 11) is 0. The summed E-state index contributed by atoms with van der Waals surface area (Å²) in [6.45, 7) is 3.52. The van der Waals surface area contributed by atoms with E-state index in [0.29, 0.717) is 19.3 Å². The number of allylic oxidation sites excluding steroid dienone is 3. The minimum Gasteiger partial charge on any atom is -0.478 e. The van der Waals surface area contributed by atoms with E-state index in [0.717, 1.165) is 6.08 Å². The molecule has 0 heterocycles. The van der Waals surface area contributed by atoms with Gasteiger partial charge in [-0.05, 0) is 19.3 Å². The fourth-order valence-corrected chi connectivity index (χ4v) is 1.60. The zero-order valence-electron chi connectivity index (χ0n) is 8.85. The lowest BCUT2D eigenvalue weighted by Crippen LogP contribution is -2.12. The van der Waals surface area contributed by atoms with Gasteiger partial charge in [0.25, 0.3) is 0 Å². The van der Waals surface area contributed by atoms with Crippen LogP contribution in [0.3, 0.4) is 0 Å². The molecular weight excluding hydrogens is 208 g/mol. The molecule has 0 aromatic rings. The van der Waals surface area contributed by atoms with Gasteiger partial charge < -0.3 is 10.2 Å². The predicted molar refractivity (Wildman–Crippen MR) is 59.0 cm³/mol. The van der Waals surface area contributed by atoms with Gasteiger partial charge in [0.2, 0.25) is 0 Å². The number of rotatable bonds is 6. The monoisotopic (exact) mass is 222 g/mol. The molecule has 0 saturated heterocycles. The Kier molecular flexibility index (Phi) is 3.66. The first-order valence-electron chi connectivity index (χ1n) is 4.99. The molecular formula is C12H14O4. The molecule has 1 aliphatic carbocycles. The van der Waals surface area contributed by atoms with Crippen LogP contribution in [0.15, 0.2) is 36.5 Å². The second kappa shape index (κ2) is 4.79. The molecule has 1 fully saturated rings. The highest BCUT2D eigenvalue weighted by molar-refractivity contribution is 5.90. The van der Waals surface area contributed by atoms with Gasteiger partial charge in [0.05, 0.1) is 0 Å². The Morgan fingerprint density at radius 1 is 1.31 bits per heavy atom. The Morgan fingerprint density at radius 3 is 2.31 bits per heavy atom. The lowest BCUT2D eigenvalue weighted by Gasteiger charge is -2.10. The van der Waals surface area contributed by atoms with Crippen molar-refractivity contribution in [3.63, 3.8) is 0 Å². The van der Waals surface area contributed by atoms with Crippen LogP contribution in [0, 0.1) is 5.41 Å². The highest BCUT2D eigenvalue weighted by atomic mass is 16.4. The minimum atomic E-state index is -1.06. The average Bonchev–Trinajstić information content (AvgIpc) is 2.96. The van der Waals surface area contributed by atoms with Crippen molar-refractivity contribution >= 4 is 11.9 Å². The van der Waals surface area contributed by atoms with Crippen molar-refractivity contribution in [2.75, 3.05) is 0 Å². The summed E-state index contributed by atoms with van der Waals surface area (Å²) >= 11 is 0. The summed E-state index contributed by atoms with van der Waals surface area (Å²) in [4.78, 5) is 21.5. The summed E-state index contributed by atoms with van der Waals surface area (Å²) in [6.07, 6.45) is 7.53. The molecule has 0 bridgehead atoms. The summed E-state index contributed by atoms with van der Waals surface area (Å²) < 4.78 is 0. The van der Waals surface area contributed by atoms with Crippen LogP contribution in [0.1, 0.15) is 19.3 Å². The van der Waals surface area contributed by atoms with Gasteiger partial charge in [0.1, 0.15) is 0 Å². The molecule has 0 unspecified atom stereocenters. The zero-order chi connectivity index (χ0) is 12.2. The SMILES string of the molecule is C=CCC=C(C(=O)O)C1(C=CC(=O)O)CC1. The largest absolute Gasteiger partial charge is 0.478 e. The van der Waals surface area contributed by atoms with Crippen molar-refractivity contribution < 1.29 is 19.8 Å². The number of aliphatic carboxylic acids is 2. The van der Waals surface area contributed by atoms with Gasteiger partial charge in [-0.15, -0.1) is 6.58 Å². The smallest absolute Gasteiger partial charge is 0.332 e. The summed E-state index contributed by atoms with van der Waals surface area (Å²) in [5.74, 6) is -2.05. The van der Waals surface area contributed by atoms with E-state index in [-0.39, 0.29) is 5.57 Å². The maximum atomic E-state index is 11.1. The summed E-state index contributed by atoms with van der Waals surface area (Å²) in [5.41, 5.74) is -0.308. The maximum absolute atomic E-state index is 11.1. The van der Waals surface area contributed by atoms with E-state index >= 15 is 0 Å². The van der Waals surface area contributed by atoms with Crippen molar-refractivity contribution in [2.45, 2.75) is 19.3 Å². The molecule has 2 N–H and O–H groups in total. The lowest BCUT2D eigenvalue weighted by molar-refractivity contribution is -0.134. The van der Waals surface area contributed by atoms with Crippen LogP contribution in [0.4, 0.5) is 0 Å². The van der Waals surface area contributed by atoms with Crippen molar-refractivity contribution in [2.24, 2.45) is 5.41 Å². The van der Waals surface area contributed by atoms with Crippen molar-refractivity contribution in [1.29, 1.82) is 0 Å². The number of hydrogen-bond donors (Lipinski definition) is 2. The van der Waals surface area contributed by atoms with Crippen molar-refractivity contribution in [3.05, 3.63) is 36.5 Å². The van der Waals surface area contributed by atoms with Crippen LogP contribution in [-0.2, 0) is 9.59 Å². The second-order valence-electron chi connectivity index (χ2n) is 3.78. The van der Waals surface area contributed by atoms with E-state index in [1.165, 1.54) is 6.08 Å². The standard InChI is InChI=1S/C12H14O4/c1-2-3-4-9(11(15)16)12(7-8-12)6-5-10(13)14/h2,4-6H,1,3,7-8H2,(H,13,14)(H,15,16). The topological polar surface area (TPSA) is 74.6 Å². The van der Waals surface area contributed by atoms with Gasteiger partial charge in [0.15, 0.2) is 0 Å². The molecule has 1 rings (SSSR count). The Labute approximate surface area is 93.6 Å². The third kappa shape index (κ3) is 2.82. The quantitative estimate of drug-likeness (QED) is 0.532. The van der Waals surface area contributed by atoms with Gasteiger partial charge >= 0.3 is 11.9 Å². The van der Waals surface area contributed by atoms with Crippen LogP contribution < -0.4 is 0 Å². The second-order valence-corrected chi connectivity index (χ2v) is 3.78. The van der Waals surface area contributed by atoms with E-state index < -0.39 is 17.4 Å². The molecule has 0 amide bonds. The number of carboxylic acids is 2. The van der Waals surface area contributed by atoms with Crippen molar-refractivity contribution in [1.82, 2.24) is 0 Å². The molecule has 0 atom stereocenters. The van der Waals surface area contributed by atoms with Gasteiger partial charge in [-0.1, -0.05) is 18.2 Å². The minimum absolute atomic E-state index is 0.268. The van der Waals surface area contributed by atoms with Gasteiger partial charge in [0, 0.05) is 17.1 Å². The van der Waals surface area contributed by atoms with Crippen LogP contribution in [-0.4, -0.2) is 22.2 Å². The molecule has 16 heavy (non-hydrogen) atoms. The fraction of sp³-hybridized carbons (Fsp3) is 0.333. The first-order valence-corrected chi connectivity index (χ1v) is 4.99. The Hall–Kier alpha value is -1.84. The van der Waals surface area contributed by atoms with Gasteiger partial charge in [-0.3, -0.25) is 0 Å². The first kappa shape index (κ1) is 12.2. The van der Waals surface area contributed by atoms with Gasteiger partial charge in [-0.25, -0.2) is 9.59 Å². The zero-order valence-corrected chi connectivity index (χ0v) is 8.85. The number of carboxylic acid groups (broad SMARTS) is 2. The molecule has 0 aromatic carbocycles. The normalized spacial score (nSPS) is 18.4. The molecule has 4 heteroatoms. The highest BCUT2D eigenvalue weighted by Gasteiger charge is 2.46. The van der Waals surface area contributed by atoms with E-state index in [1.54, 1.807) is 12.2 Å². The van der Waals surface area contributed by atoms with E-state index in [4.69, 9.17) is 10.2 Å². The van der Waals surface area contributed by atoms with Crippen molar-refractivity contribution in [3.8, 4) is 0 Å². The molecule has 0 aliphatic heterocycles. The first-order chi connectivity index (χ1) is 7.52. The summed E-state index contributed by atoms with van der Waals surface area (Å²) in [6, 6.07) is 0. The molecule has 0 aromatic heterocycles. The third-order valence-electron chi connectivity index (χ3n) is 2.59. The third-order valence-corrected chi connectivity index (χ3v) is 2.59. The van der Waals surface area contributed by atoms with E-state index in [2.05, 4.69) is 6.58 Å². The van der Waals surface area contributed by atoms with Crippen LogP contribution in [0.5, 0.6) is 0 Å². The van der Waals surface area contributed by atoms with Crippen LogP contribution >= 0.6 is 0 Å². The molecule has 0 spiro atoms. The highest BCUT2D eigenvalue weighted by Crippen LogP contribution is 2.53. The van der Waals surface area contributed by atoms with Crippen LogP contribution in [0.2, 0.25) is 0 Å². The Balaban J connectivity index is 2.90. The molecule has 0 radical (unpaired) electrons. The molecule has 1 saturated carbocycles. The molecule has 4 nitrogen and oxygen atoms in total. The van der Waals surface area contributed by atoms with Gasteiger partial charge in [-0.2, -0.15) is 0 Å². The fourth-order valence-electron chi connectivity index (χ4n) is 1.60. The molecule has 1 aliphatic rings. The average molecular weight is 222 g/mol. The lowest BCUT2D eigenvalue weighted by atomic mass is 9.94. The van der Waals surface area contributed by atoms with E-state index in [1.807, 2.05) is 0 Å². The Morgan fingerprint density at radius 2 is 1.94 bits per heavy atom. The number of hydrogen-bond acceptors (Lipinski definition) is 2. The summed E-state index contributed by atoms with van der Waals surface area (Å²) in [5, 5.41) is 17.6. The maximum Gasteiger partial charge on any atom is 0.332 e.